The smallest absolute Gasteiger partial charge is 0.220 e. The van der Waals surface area contributed by atoms with Gasteiger partial charge in [-0.15, -0.1) is 0 Å². The summed E-state index contributed by atoms with van der Waals surface area (Å²) in [6.45, 7) is 2.41. The molecule has 0 fully saturated rings. The Balaban J connectivity index is 3.16. The summed E-state index contributed by atoms with van der Waals surface area (Å²) in [5.41, 5.74) is 8.20. The minimum atomic E-state index is 0.214. The standard InChI is InChI=1S/C23H47N5O/c1-28(2,3)22-21-25-23(29)19-17-15-13-11-9-7-5-4-6-8-10-12-14-16-18-20-26-27-24/h4-22H2,1-3H3/p+1. The summed E-state index contributed by atoms with van der Waals surface area (Å²) in [7, 11) is 6.44. The van der Waals surface area contributed by atoms with Gasteiger partial charge in [-0.2, -0.15) is 0 Å². The number of likely N-dealkylation sites (N-methyl/N-ethyl adjacent to an activating group) is 1. The highest BCUT2D eigenvalue weighted by Gasteiger charge is 2.07. The van der Waals surface area contributed by atoms with E-state index in [1.165, 1.54) is 83.5 Å². The highest BCUT2D eigenvalue weighted by molar-refractivity contribution is 5.75. The molecule has 0 bridgehead atoms. The predicted molar refractivity (Wildman–Crippen MR) is 124 cm³/mol. The Morgan fingerprint density at radius 2 is 1.17 bits per heavy atom. The Morgan fingerprint density at radius 1 is 0.759 bits per heavy atom. The van der Waals surface area contributed by atoms with Gasteiger partial charge in [-0.05, 0) is 18.4 Å². The number of azide groups is 1. The number of hydrogen-bond acceptors (Lipinski definition) is 2. The van der Waals surface area contributed by atoms with Gasteiger partial charge in [0, 0.05) is 17.9 Å². The average molecular weight is 411 g/mol. The third kappa shape index (κ3) is 24.7. The van der Waals surface area contributed by atoms with Crippen LogP contribution < -0.4 is 5.32 Å². The van der Waals surface area contributed by atoms with Gasteiger partial charge in [0.2, 0.25) is 5.91 Å². The molecule has 0 atom stereocenters. The number of nitrogens with one attached hydrogen (secondary N) is 1. The number of amides is 1. The van der Waals surface area contributed by atoms with Crippen molar-refractivity contribution in [3.8, 4) is 0 Å². The molecule has 0 saturated carbocycles. The molecule has 0 spiro atoms. The van der Waals surface area contributed by atoms with Crippen LogP contribution in [0.5, 0.6) is 0 Å². The second-order valence-electron chi connectivity index (χ2n) is 9.37. The minimum absolute atomic E-state index is 0.214. The van der Waals surface area contributed by atoms with Gasteiger partial charge in [0.15, 0.2) is 0 Å². The Hall–Kier alpha value is -1.26. The molecule has 0 radical (unpaired) electrons. The van der Waals surface area contributed by atoms with Gasteiger partial charge in [0.1, 0.15) is 0 Å². The molecule has 170 valence electrons. The van der Waals surface area contributed by atoms with E-state index in [0.29, 0.717) is 13.0 Å². The minimum Gasteiger partial charge on any atom is -0.350 e. The van der Waals surface area contributed by atoms with Crippen LogP contribution >= 0.6 is 0 Å². The topological polar surface area (TPSA) is 77.9 Å². The summed E-state index contributed by atoms with van der Waals surface area (Å²) in [5, 5.41) is 6.59. The fourth-order valence-electron chi connectivity index (χ4n) is 3.43. The molecule has 0 aliphatic rings. The lowest BCUT2D eigenvalue weighted by Crippen LogP contribution is -2.41. The fraction of sp³-hybridized carbons (Fsp3) is 0.957. The van der Waals surface area contributed by atoms with E-state index in [1.807, 2.05) is 0 Å². The first-order chi connectivity index (χ1) is 14.0. The van der Waals surface area contributed by atoms with Crippen molar-refractivity contribution in [2.45, 2.75) is 103 Å². The number of quaternary nitrogens is 1. The summed E-state index contributed by atoms with van der Waals surface area (Å²) in [5.74, 6) is 0.214. The van der Waals surface area contributed by atoms with Gasteiger partial charge in [0.05, 0.1) is 34.2 Å². The van der Waals surface area contributed by atoms with Crippen molar-refractivity contribution in [2.75, 3.05) is 40.8 Å². The number of rotatable bonds is 21. The van der Waals surface area contributed by atoms with Crippen molar-refractivity contribution in [3.63, 3.8) is 0 Å². The molecule has 1 amide bonds. The van der Waals surface area contributed by atoms with E-state index in [4.69, 9.17) is 5.53 Å². The fourth-order valence-corrected chi connectivity index (χ4v) is 3.43. The second kappa shape index (κ2) is 20.0. The van der Waals surface area contributed by atoms with Crippen LogP contribution in [0.3, 0.4) is 0 Å². The van der Waals surface area contributed by atoms with E-state index < -0.39 is 0 Å². The molecule has 0 aliphatic heterocycles. The Labute approximate surface area is 180 Å². The summed E-state index contributed by atoms with van der Waals surface area (Å²) < 4.78 is 0.890. The van der Waals surface area contributed by atoms with Crippen LogP contribution in [-0.4, -0.2) is 51.2 Å². The van der Waals surface area contributed by atoms with E-state index >= 15 is 0 Å². The van der Waals surface area contributed by atoms with Crippen LogP contribution in [0.2, 0.25) is 0 Å². The second-order valence-corrected chi connectivity index (χ2v) is 9.37. The van der Waals surface area contributed by atoms with E-state index in [0.717, 1.165) is 30.4 Å². The molecule has 0 aromatic carbocycles. The Bertz CT molecular complexity index is 427. The van der Waals surface area contributed by atoms with Crippen LogP contribution in [0.4, 0.5) is 0 Å². The third-order valence-electron chi connectivity index (χ3n) is 5.33. The van der Waals surface area contributed by atoms with Crippen LogP contribution in [-0.2, 0) is 4.79 Å². The normalized spacial score (nSPS) is 11.3. The summed E-state index contributed by atoms with van der Waals surface area (Å²) in [4.78, 5) is 14.5. The molecule has 0 aliphatic carbocycles. The number of carbonyl (C=O) groups excluding carboxylic acids is 1. The third-order valence-corrected chi connectivity index (χ3v) is 5.33. The van der Waals surface area contributed by atoms with Crippen molar-refractivity contribution in [2.24, 2.45) is 5.11 Å². The molecule has 6 heteroatoms. The van der Waals surface area contributed by atoms with Crippen LogP contribution in [0, 0.1) is 0 Å². The largest absolute Gasteiger partial charge is 0.350 e. The molecule has 6 nitrogen and oxygen atoms in total. The lowest BCUT2D eigenvalue weighted by molar-refractivity contribution is -0.869. The van der Waals surface area contributed by atoms with Gasteiger partial charge in [0.25, 0.3) is 0 Å². The highest BCUT2D eigenvalue weighted by Crippen LogP contribution is 2.13. The zero-order valence-corrected chi connectivity index (χ0v) is 19.6. The molecular weight excluding hydrogens is 362 g/mol. The Morgan fingerprint density at radius 3 is 1.59 bits per heavy atom. The van der Waals surface area contributed by atoms with E-state index in [1.54, 1.807) is 0 Å². The zero-order valence-electron chi connectivity index (χ0n) is 19.6. The molecule has 1 N–H and O–H groups in total. The van der Waals surface area contributed by atoms with Crippen molar-refractivity contribution >= 4 is 5.91 Å². The number of hydrogen-bond donors (Lipinski definition) is 1. The van der Waals surface area contributed by atoms with Crippen molar-refractivity contribution in [1.29, 1.82) is 0 Å². The van der Waals surface area contributed by atoms with Crippen molar-refractivity contribution < 1.29 is 9.28 Å². The lowest BCUT2D eigenvalue weighted by atomic mass is 10.0. The molecule has 0 rings (SSSR count). The molecular formula is C23H48N5O+. The van der Waals surface area contributed by atoms with Gasteiger partial charge >= 0.3 is 0 Å². The molecule has 0 saturated heterocycles. The first kappa shape index (κ1) is 27.7. The maximum absolute atomic E-state index is 11.8. The van der Waals surface area contributed by atoms with E-state index in [-0.39, 0.29) is 5.91 Å². The monoisotopic (exact) mass is 410 g/mol. The maximum atomic E-state index is 11.8. The molecule has 0 unspecified atom stereocenters. The molecule has 0 aromatic heterocycles. The van der Waals surface area contributed by atoms with Crippen molar-refractivity contribution in [3.05, 3.63) is 10.4 Å². The molecule has 0 heterocycles. The zero-order chi connectivity index (χ0) is 21.6. The van der Waals surface area contributed by atoms with Gasteiger partial charge < -0.3 is 9.80 Å². The van der Waals surface area contributed by atoms with Crippen LogP contribution in [0.15, 0.2) is 5.11 Å². The van der Waals surface area contributed by atoms with Crippen molar-refractivity contribution in [1.82, 2.24) is 5.32 Å². The number of unbranched alkanes of at least 4 members (excludes halogenated alkanes) is 14. The lowest BCUT2D eigenvalue weighted by Gasteiger charge is -2.23. The first-order valence-electron chi connectivity index (χ1n) is 12.0. The maximum Gasteiger partial charge on any atom is 0.220 e. The summed E-state index contributed by atoms with van der Waals surface area (Å²) >= 11 is 0. The Kier molecular flexibility index (Phi) is 19.2. The SMILES string of the molecule is C[N+](C)(C)CCNC(=O)CCCCCCCCCCCCCCCCCN=[N+]=[N-]. The van der Waals surface area contributed by atoms with Crippen LogP contribution in [0.1, 0.15) is 103 Å². The van der Waals surface area contributed by atoms with Crippen LogP contribution in [0.25, 0.3) is 10.4 Å². The quantitative estimate of drug-likeness (QED) is 0.0771. The number of nitrogens with zero attached hydrogens (tertiary/aromatic N) is 4. The predicted octanol–water partition coefficient (Wildman–Crippen LogP) is 6.36. The van der Waals surface area contributed by atoms with E-state index in [9.17, 15) is 4.79 Å². The average Bonchev–Trinajstić information content (AvgIpc) is 2.66. The van der Waals surface area contributed by atoms with Gasteiger partial charge in [-0.3, -0.25) is 4.79 Å². The molecule has 29 heavy (non-hydrogen) atoms. The van der Waals surface area contributed by atoms with E-state index in [2.05, 4.69) is 36.5 Å². The summed E-state index contributed by atoms with van der Waals surface area (Å²) in [6, 6.07) is 0. The summed E-state index contributed by atoms with van der Waals surface area (Å²) in [6.07, 6.45) is 19.9. The number of carbonyl (C=O) groups is 1. The molecule has 0 aromatic rings. The first-order valence-corrected chi connectivity index (χ1v) is 12.0. The van der Waals surface area contributed by atoms with Gasteiger partial charge in [-0.1, -0.05) is 88.6 Å². The van der Waals surface area contributed by atoms with Gasteiger partial charge in [-0.25, -0.2) is 0 Å². The highest BCUT2D eigenvalue weighted by atomic mass is 16.1.